The van der Waals surface area contributed by atoms with Gasteiger partial charge in [-0.05, 0) is 66.6 Å². The van der Waals surface area contributed by atoms with Crippen LogP contribution in [0.4, 0.5) is 0 Å². The Bertz CT molecular complexity index is 1340. The van der Waals surface area contributed by atoms with Crippen molar-refractivity contribution in [2.45, 2.75) is 25.2 Å². The zero-order chi connectivity index (χ0) is 27.7. The van der Waals surface area contributed by atoms with Crippen LogP contribution in [0.1, 0.15) is 30.6 Å². The zero-order valence-electron chi connectivity index (χ0n) is 21.7. The van der Waals surface area contributed by atoms with Crippen LogP contribution in [0, 0.1) is 0 Å². The summed E-state index contributed by atoms with van der Waals surface area (Å²) in [4.78, 5) is 36.5. The maximum Gasteiger partial charge on any atom is 0.338 e. The molecule has 3 rings (SSSR count). The van der Waals surface area contributed by atoms with Crippen molar-refractivity contribution >= 4 is 29.7 Å². The van der Waals surface area contributed by atoms with Crippen molar-refractivity contribution < 1.29 is 28.6 Å². The van der Waals surface area contributed by atoms with Gasteiger partial charge in [-0.1, -0.05) is 55.6 Å². The van der Waals surface area contributed by atoms with Crippen LogP contribution in [0.15, 0.2) is 95.9 Å². The van der Waals surface area contributed by atoms with Crippen LogP contribution in [0.5, 0.6) is 5.75 Å². The Morgan fingerprint density at radius 2 is 1.29 bits per heavy atom. The van der Waals surface area contributed by atoms with Crippen molar-refractivity contribution in [1.29, 1.82) is 0 Å². The smallest absolute Gasteiger partial charge is 0.338 e. The molecule has 0 saturated heterocycles. The minimum absolute atomic E-state index is 0.150. The number of ether oxygens (including phenoxy) is 3. The van der Waals surface area contributed by atoms with E-state index in [-0.39, 0.29) is 13.2 Å². The number of hydrogen-bond acceptors (Lipinski definition) is 7. The van der Waals surface area contributed by atoms with Crippen molar-refractivity contribution in [2.75, 3.05) is 19.5 Å². The van der Waals surface area contributed by atoms with Gasteiger partial charge in [-0.3, -0.25) is 0 Å². The molecule has 3 aromatic carbocycles. The Morgan fingerprint density at radius 1 is 0.737 bits per heavy atom. The molecule has 3 aromatic rings. The van der Waals surface area contributed by atoms with E-state index in [1.54, 1.807) is 43.8 Å². The van der Waals surface area contributed by atoms with Crippen molar-refractivity contribution in [3.63, 3.8) is 0 Å². The van der Waals surface area contributed by atoms with Gasteiger partial charge in [0.1, 0.15) is 5.75 Å². The maximum absolute atomic E-state index is 12.5. The monoisotopic (exact) mass is 530 g/mol. The molecule has 6 nitrogen and oxygen atoms in total. The molecule has 0 radical (unpaired) electrons. The standard InChI is InChI=1S/C31H30O6S/c1-20(2)29(32)35-17-6-18-36-31(34)25-13-16-27(28(19-25)38-5)24-9-7-22(8-10-24)23-11-14-26(15-12-23)37-30(33)21(3)4/h7-16,19H,1,3,6,17-18H2,2,4-5H3. The molecule has 0 aliphatic heterocycles. The van der Waals surface area contributed by atoms with Crippen LogP contribution in [-0.4, -0.2) is 37.4 Å². The van der Waals surface area contributed by atoms with E-state index < -0.39 is 17.9 Å². The molecule has 0 fully saturated rings. The van der Waals surface area contributed by atoms with Gasteiger partial charge in [-0.15, -0.1) is 11.8 Å². The topological polar surface area (TPSA) is 78.9 Å². The minimum Gasteiger partial charge on any atom is -0.462 e. The summed E-state index contributed by atoms with van der Waals surface area (Å²) in [5.74, 6) is -0.865. The number of carbonyl (C=O) groups is 3. The summed E-state index contributed by atoms with van der Waals surface area (Å²) in [7, 11) is 0. The summed E-state index contributed by atoms with van der Waals surface area (Å²) < 4.78 is 15.6. The van der Waals surface area contributed by atoms with Gasteiger partial charge < -0.3 is 14.2 Å². The van der Waals surface area contributed by atoms with E-state index in [1.165, 1.54) is 0 Å². The number of esters is 3. The Balaban J connectivity index is 1.64. The molecule has 0 aromatic heterocycles. The molecule has 0 unspecified atom stereocenters. The zero-order valence-corrected chi connectivity index (χ0v) is 22.6. The van der Waals surface area contributed by atoms with Crippen LogP contribution in [0.3, 0.4) is 0 Å². The second-order valence-electron chi connectivity index (χ2n) is 8.59. The summed E-state index contributed by atoms with van der Waals surface area (Å²) in [5.41, 5.74) is 5.17. The molecular weight excluding hydrogens is 500 g/mol. The lowest BCUT2D eigenvalue weighted by molar-refractivity contribution is -0.139. The van der Waals surface area contributed by atoms with E-state index in [9.17, 15) is 14.4 Å². The number of carbonyl (C=O) groups excluding carboxylic acids is 3. The van der Waals surface area contributed by atoms with Gasteiger partial charge in [0, 0.05) is 22.5 Å². The second kappa shape index (κ2) is 13.4. The van der Waals surface area contributed by atoms with Crippen LogP contribution in [-0.2, 0) is 19.1 Å². The average molecular weight is 531 g/mol. The summed E-state index contributed by atoms with van der Waals surface area (Å²) >= 11 is 1.55. The van der Waals surface area contributed by atoms with Crippen LogP contribution < -0.4 is 4.74 Å². The SMILES string of the molecule is C=C(C)C(=O)OCCCOC(=O)c1ccc(-c2ccc(-c3ccc(OC(=O)C(=C)C)cc3)cc2)c(SC)c1. The van der Waals surface area contributed by atoms with Gasteiger partial charge in [-0.25, -0.2) is 14.4 Å². The molecule has 0 saturated carbocycles. The van der Waals surface area contributed by atoms with Crippen LogP contribution >= 0.6 is 11.8 Å². The molecule has 0 aliphatic carbocycles. The molecule has 196 valence electrons. The Hall–Kier alpha value is -4.10. The van der Waals surface area contributed by atoms with E-state index in [0.29, 0.717) is 28.9 Å². The first-order chi connectivity index (χ1) is 18.2. The van der Waals surface area contributed by atoms with Crippen molar-refractivity contribution in [3.05, 3.63) is 96.6 Å². The quantitative estimate of drug-likeness (QED) is 0.0878. The fourth-order valence-electron chi connectivity index (χ4n) is 3.40. The fourth-order valence-corrected chi connectivity index (χ4v) is 4.05. The van der Waals surface area contributed by atoms with Gasteiger partial charge in [0.15, 0.2) is 0 Å². The predicted molar refractivity (Wildman–Crippen MR) is 150 cm³/mol. The molecule has 7 heteroatoms. The first-order valence-electron chi connectivity index (χ1n) is 12.0. The Labute approximate surface area is 227 Å². The van der Waals surface area contributed by atoms with E-state index in [0.717, 1.165) is 27.1 Å². The molecule has 0 heterocycles. The van der Waals surface area contributed by atoms with E-state index in [4.69, 9.17) is 14.2 Å². The van der Waals surface area contributed by atoms with Gasteiger partial charge in [0.05, 0.1) is 18.8 Å². The lowest BCUT2D eigenvalue weighted by Crippen LogP contribution is -2.11. The first-order valence-corrected chi connectivity index (χ1v) is 13.2. The number of rotatable bonds is 11. The highest BCUT2D eigenvalue weighted by molar-refractivity contribution is 7.98. The van der Waals surface area contributed by atoms with E-state index in [2.05, 4.69) is 13.2 Å². The number of hydrogen-bond donors (Lipinski definition) is 0. The Kier molecular flexibility index (Phi) is 10.1. The molecule has 0 bridgehead atoms. The number of benzene rings is 3. The lowest BCUT2D eigenvalue weighted by atomic mass is 9.99. The highest BCUT2D eigenvalue weighted by atomic mass is 32.2. The van der Waals surface area contributed by atoms with E-state index in [1.807, 2.05) is 54.8 Å². The first kappa shape index (κ1) is 28.5. The van der Waals surface area contributed by atoms with Crippen molar-refractivity contribution in [3.8, 4) is 28.0 Å². The van der Waals surface area contributed by atoms with E-state index >= 15 is 0 Å². The van der Waals surface area contributed by atoms with Crippen LogP contribution in [0.2, 0.25) is 0 Å². The highest BCUT2D eigenvalue weighted by Gasteiger charge is 2.13. The molecule has 38 heavy (non-hydrogen) atoms. The molecule has 0 aliphatic rings. The summed E-state index contributed by atoms with van der Waals surface area (Å²) in [6, 6.07) is 20.9. The third kappa shape index (κ3) is 7.70. The molecule has 0 spiro atoms. The summed E-state index contributed by atoms with van der Waals surface area (Å²) in [6.07, 6.45) is 2.37. The largest absolute Gasteiger partial charge is 0.462 e. The highest BCUT2D eigenvalue weighted by Crippen LogP contribution is 2.33. The molecule has 0 atom stereocenters. The third-order valence-electron chi connectivity index (χ3n) is 5.48. The van der Waals surface area contributed by atoms with Gasteiger partial charge in [0.25, 0.3) is 0 Å². The summed E-state index contributed by atoms with van der Waals surface area (Å²) in [5, 5.41) is 0. The molecule has 0 amide bonds. The average Bonchev–Trinajstić information content (AvgIpc) is 2.92. The van der Waals surface area contributed by atoms with Crippen molar-refractivity contribution in [2.24, 2.45) is 0 Å². The van der Waals surface area contributed by atoms with Gasteiger partial charge in [-0.2, -0.15) is 0 Å². The summed E-state index contributed by atoms with van der Waals surface area (Å²) in [6.45, 7) is 10.6. The number of thioether (sulfide) groups is 1. The third-order valence-corrected chi connectivity index (χ3v) is 6.26. The predicted octanol–water partition coefficient (Wildman–Crippen LogP) is 6.89. The van der Waals surface area contributed by atoms with Crippen molar-refractivity contribution in [1.82, 2.24) is 0 Å². The van der Waals surface area contributed by atoms with Crippen LogP contribution in [0.25, 0.3) is 22.3 Å². The lowest BCUT2D eigenvalue weighted by Gasteiger charge is -2.12. The molecular formula is C31H30O6S. The Morgan fingerprint density at radius 3 is 1.87 bits per heavy atom. The normalized spacial score (nSPS) is 10.4. The molecule has 0 N–H and O–H groups in total. The van der Waals surface area contributed by atoms with Gasteiger partial charge in [0.2, 0.25) is 0 Å². The second-order valence-corrected chi connectivity index (χ2v) is 9.44. The van der Waals surface area contributed by atoms with Gasteiger partial charge >= 0.3 is 17.9 Å². The maximum atomic E-state index is 12.5. The minimum atomic E-state index is -0.455. The fraction of sp³-hybridized carbons (Fsp3) is 0.194.